The smallest absolute Gasteiger partial charge is 0.124 e. The van der Waals surface area contributed by atoms with Gasteiger partial charge in [0, 0.05) is 22.7 Å². The Kier molecular flexibility index (Phi) is 16.0. The van der Waals surface area contributed by atoms with Crippen molar-refractivity contribution in [3.8, 4) is 11.5 Å². The van der Waals surface area contributed by atoms with Crippen LogP contribution in [0.5, 0.6) is 11.5 Å². The summed E-state index contributed by atoms with van der Waals surface area (Å²) in [5, 5.41) is 2.86. The Balaban J connectivity index is 0.000000762. The van der Waals surface area contributed by atoms with Crippen molar-refractivity contribution in [2.24, 2.45) is 0 Å². The van der Waals surface area contributed by atoms with E-state index in [9.17, 15) is 0 Å². The van der Waals surface area contributed by atoms with Crippen molar-refractivity contribution in [3.05, 3.63) is 109 Å². The van der Waals surface area contributed by atoms with Gasteiger partial charge in [-0.1, -0.05) is 53.4 Å². The van der Waals surface area contributed by atoms with Gasteiger partial charge in [-0.05, 0) is 193 Å². The van der Waals surface area contributed by atoms with E-state index in [0.717, 1.165) is 22.8 Å². The fourth-order valence-corrected chi connectivity index (χ4v) is 15.7. The first-order valence-electron chi connectivity index (χ1n) is 17.6. The fourth-order valence-electron chi connectivity index (χ4n) is 8.34. The average molecular weight is 711 g/mol. The van der Waals surface area contributed by atoms with Crippen LogP contribution in [0.2, 0.25) is 0 Å². The van der Waals surface area contributed by atoms with Gasteiger partial charge in [-0.3, -0.25) is 0 Å². The molecule has 2 aromatic carbocycles. The molecule has 2 nitrogen and oxygen atoms in total. The maximum absolute atomic E-state index is 5.80. The summed E-state index contributed by atoms with van der Waals surface area (Å²) in [5.41, 5.74) is 9.01. The van der Waals surface area contributed by atoms with Crippen molar-refractivity contribution in [1.82, 2.24) is 0 Å². The van der Waals surface area contributed by atoms with E-state index in [1.165, 1.54) is 97.1 Å². The first-order chi connectivity index (χ1) is 22.3. The second-order valence-corrected chi connectivity index (χ2v) is 18.9. The number of methoxy groups -OCH3 is 2. The van der Waals surface area contributed by atoms with Gasteiger partial charge in [0.2, 0.25) is 0 Å². The molecule has 47 heavy (non-hydrogen) atoms. The normalized spacial score (nSPS) is 20.6. The van der Waals surface area contributed by atoms with Crippen LogP contribution in [0.4, 0.5) is 0 Å². The van der Waals surface area contributed by atoms with Gasteiger partial charge in [0.15, 0.2) is 0 Å². The minimum absolute atomic E-state index is 0. The van der Waals surface area contributed by atoms with Gasteiger partial charge in [0.1, 0.15) is 11.5 Å². The molecule has 6 rings (SSSR count). The van der Waals surface area contributed by atoms with Crippen molar-refractivity contribution < 1.29 is 26.5 Å². The third-order valence-corrected chi connectivity index (χ3v) is 16.7. The summed E-state index contributed by atoms with van der Waals surface area (Å²) in [6, 6.07) is 9.61. The molecule has 0 aromatic heterocycles. The summed E-state index contributed by atoms with van der Waals surface area (Å²) in [5.74, 6) is 3.66. The van der Waals surface area contributed by atoms with E-state index in [2.05, 4.69) is 78.1 Å². The van der Waals surface area contributed by atoms with Crippen LogP contribution in [0.1, 0.15) is 93.4 Å². The molecule has 0 amide bonds. The molecule has 0 spiro atoms. The maximum Gasteiger partial charge on any atom is 0.124 e. The molecule has 0 unspecified atom stereocenters. The van der Waals surface area contributed by atoms with Gasteiger partial charge in [0.25, 0.3) is 0 Å². The van der Waals surface area contributed by atoms with Crippen LogP contribution in [-0.4, -0.2) is 31.2 Å². The molecule has 4 aliphatic rings. The first kappa shape index (κ1) is 39.2. The Morgan fingerprint density at radius 1 is 0.574 bits per heavy atom. The zero-order valence-electron chi connectivity index (χ0n) is 29.8. The second-order valence-electron chi connectivity index (χ2n) is 13.6. The van der Waals surface area contributed by atoms with Gasteiger partial charge >= 0.3 is 0 Å². The van der Waals surface area contributed by atoms with Crippen LogP contribution in [0, 0.1) is 90.6 Å². The molecule has 254 valence electrons. The minimum atomic E-state index is -0.722. The van der Waals surface area contributed by atoms with Crippen LogP contribution in [-0.2, 0) is 17.1 Å². The van der Waals surface area contributed by atoms with Crippen LogP contribution >= 0.6 is 15.8 Å². The summed E-state index contributed by atoms with van der Waals surface area (Å²) in [4.78, 5) is 0. The van der Waals surface area contributed by atoms with E-state index < -0.39 is 7.92 Å². The summed E-state index contributed by atoms with van der Waals surface area (Å²) in [6.45, 7) is 11.4. The third kappa shape index (κ3) is 9.60. The summed E-state index contributed by atoms with van der Waals surface area (Å²) >= 11 is 0. The number of aryl methyl sites for hydroxylation is 4. The second kappa shape index (κ2) is 19.1. The number of rotatable bonds is 9. The SMILES string of the molecule is COc1c(C)cc(P([C]2[CH][CH][CH][C]2[C@H](C)P(C2CCCCC2)C2CCCCC2)c2cc(C)c(OC)c(C)c2)cc1C.[CH]1[CH][CH][CH][CH]1.[Fe]. The molecular formula is C42H56FeO2P2. The average Bonchev–Trinajstić information content (AvgIpc) is 3.79. The molecule has 0 heterocycles. The van der Waals surface area contributed by atoms with Gasteiger partial charge in [0.05, 0.1) is 14.2 Å². The molecule has 2 aromatic rings. The number of benzene rings is 2. The molecule has 0 bridgehead atoms. The maximum atomic E-state index is 5.80. The van der Waals surface area contributed by atoms with Crippen molar-refractivity contribution in [3.63, 3.8) is 0 Å². The van der Waals surface area contributed by atoms with Crippen molar-refractivity contribution >= 4 is 26.5 Å². The molecule has 1 atom stereocenters. The molecular weight excluding hydrogens is 654 g/mol. The predicted octanol–water partition coefficient (Wildman–Crippen LogP) is 10.7. The Hall–Kier alpha value is -0.581. The van der Waals surface area contributed by atoms with Crippen LogP contribution in [0.15, 0.2) is 24.3 Å². The first-order valence-corrected chi connectivity index (χ1v) is 20.5. The van der Waals surface area contributed by atoms with Gasteiger partial charge in [-0.25, -0.2) is 0 Å². The zero-order chi connectivity index (χ0) is 32.6. The fraction of sp³-hybridized carbons (Fsp3) is 0.476. The Bertz CT molecular complexity index is 1120. The summed E-state index contributed by atoms with van der Waals surface area (Å²) in [7, 11) is 2.81. The summed E-state index contributed by atoms with van der Waals surface area (Å²) < 4.78 is 11.6. The van der Waals surface area contributed by atoms with E-state index >= 15 is 0 Å². The van der Waals surface area contributed by atoms with Crippen LogP contribution in [0.3, 0.4) is 0 Å². The van der Waals surface area contributed by atoms with Crippen LogP contribution in [0.25, 0.3) is 0 Å². The van der Waals surface area contributed by atoms with E-state index in [1.54, 1.807) is 25.8 Å². The number of ether oxygens (including phenoxy) is 2. The predicted molar refractivity (Wildman–Crippen MR) is 202 cm³/mol. The Morgan fingerprint density at radius 2 is 0.957 bits per heavy atom. The van der Waals surface area contributed by atoms with Gasteiger partial charge in [-0.2, -0.15) is 0 Å². The zero-order valence-corrected chi connectivity index (χ0v) is 32.7. The topological polar surface area (TPSA) is 18.5 Å². The molecule has 0 saturated heterocycles. The van der Waals surface area contributed by atoms with Crippen molar-refractivity contribution in [2.75, 3.05) is 14.2 Å². The van der Waals surface area contributed by atoms with Gasteiger partial charge in [-0.15, -0.1) is 0 Å². The molecule has 10 radical (unpaired) electrons. The largest absolute Gasteiger partial charge is 0.496 e. The molecule has 5 heteroatoms. The Morgan fingerprint density at radius 3 is 1.32 bits per heavy atom. The Labute approximate surface area is 302 Å². The molecule has 4 aliphatic carbocycles. The van der Waals surface area contributed by atoms with Crippen molar-refractivity contribution in [1.29, 1.82) is 0 Å². The molecule has 4 fully saturated rings. The summed E-state index contributed by atoms with van der Waals surface area (Å²) in [6.07, 6.45) is 31.8. The number of hydrogen-bond donors (Lipinski definition) is 0. The third-order valence-electron chi connectivity index (χ3n) is 10.3. The monoisotopic (exact) mass is 710 g/mol. The van der Waals surface area contributed by atoms with Crippen LogP contribution < -0.4 is 20.1 Å². The van der Waals surface area contributed by atoms with E-state index in [0.29, 0.717) is 5.66 Å². The van der Waals surface area contributed by atoms with E-state index in [1.807, 2.05) is 32.1 Å². The van der Waals surface area contributed by atoms with E-state index in [4.69, 9.17) is 9.47 Å². The molecule has 4 saturated carbocycles. The quantitative estimate of drug-likeness (QED) is 0.191. The molecule has 0 aliphatic heterocycles. The van der Waals surface area contributed by atoms with Gasteiger partial charge < -0.3 is 9.47 Å². The van der Waals surface area contributed by atoms with Crippen molar-refractivity contribution in [2.45, 2.75) is 116 Å². The minimum Gasteiger partial charge on any atom is -0.496 e. The number of hydrogen-bond acceptors (Lipinski definition) is 2. The molecule has 0 N–H and O–H groups in total. The van der Waals surface area contributed by atoms with E-state index in [-0.39, 0.29) is 25.0 Å². The standard InChI is InChI=1S/C37H51O2P2.C5H5.Fe/c1-25-21-32(22-26(2)36(25)38-6)41(33-23-27(3)37(39-7)28(4)24-33)35-20-14-19-34(35)29(5)40(30-15-10-8-11-16-30)31-17-12-9-13-18-31;1-2-4-5-3-1;/h14,19-24,29-31H,8-13,15-18H2,1-7H3;1-5H;/t29-;;/m0../s1.